The first-order valence-corrected chi connectivity index (χ1v) is 7.27. The Kier molecular flexibility index (Phi) is 5.00. The summed E-state index contributed by atoms with van der Waals surface area (Å²) in [4.78, 5) is 12.3. The number of aromatic nitrogens is 1. The first kappa shape index (κ1) is 16.7. The second kappa shape index (κ2) is 5.98. The van der Waals surface area contributed by atoms with Crippen molar-refractivity contribution in [2.24, 2.45) is 5.41 Å². The molecule has 4 nitrogen and oxygen atoms in total. The fourth-order valence-corrected chi connectivity index (χ4v) is 2.06. The molecule has 1 rings (SSSR count). The van der Waals surface area contributed by atoms with Gasteiger partial charge in [-0.05, 0) is 25.2 Å². The molecule has 0 aliphatic heterocycles. The Labute approximate surface area is 122 Å². The van der Waals surface area contributed by atoms with E-state index in [2.05, 4.69) is 31.2 Å². The van der Waals surface area contributed by atoms with Crippen molar-refractivity contribution in [2.75, 3.05) is 6.54 Å². The van der Waals surface area contributed by atoms with Crippen LogP contribution in [0.3, 0.4) is 0 Å². The second-order valence-electron chi connectivity index (χ2n) is 7.63. The van der Waals surface area contributed by atoms with E-state index in [1.807, 2.05) is 20.8 Å². The lowest BCUT2D eigenvalue weighted by atomic mass is 9.88. The number of nitrogens with one attached hydrogen (secondary N) is 1. The smallest absolute Gasteiger partial charge is 0.256 e. The number of carbonyl (C=O) groups excluding carboxylic acids is 1. The molecule has 114 valence electrons. The summed E-state index contributed by atoms with van der Waals surface area (Å²) in [5, 5.41) is 7.01. The zero-order chi connectivity index (χ0) is 15.6. The molecule has 1 heterocycles. The Hall–Kier alpha value is -1.32. The fraction of sp³-hybridized carbons (Fsp3) is 0.750. The number of aryl methyl sites for hydroxylation is 1. The van der Waals surface area contributed by atoms with Gasteiger partial charge in [0.2, 0.25) is 0 Å². The fourth-order valence-electron chi connectivity index (χ4n) is 2.06. The number of hydrogen-bond acceptors (Lipinski definition) is 3. The SMILES string of the molecule is Cc1onc(C(C)(C)C)c1C(=O)NCCCC(C)(C)C. The van der Waals surface area contributed by atoms with Gasteiger partial charge in [-0.1, -0.05) is 46.7 Å². The van der Waals surface area contributed by atoms with Crippen molar-refractivity contribution < 1.29 is 9.32 Å². The van der Waals surface area contributed by atoms with E-state index in [0.29, 0.717) is 23.3 Å². The standard InChI is InChI=1S/C16H28N2O2/c1-11-12(13(18-20-11)16(5,6)7)14(19)17-10-8-9-15(2,3)4/h8-10H2,1-7H3,(H,17,19). The number of carbonyl (C=O) groups is 1. The predicted molar refractivity (Wildman–Crippen MR) is 81.0 cm³/mol. The minimum Gasteiger partial charge on any atom is -0.361 e. The second-order valence-corrected chi connectivity index (χ2v) is 7.63. The van der Waals surface area contributed by atoms with Crippen LogP contribution in [-0.2, 0) is 5.41 Å². The zero-order valence-corrected chi connectivity index (χ0v) is 13.9. The Morgan fingerprint density at radius 3 is 2.30 bits per heavy atom. The lowest BCUT2D eigenvalue weighted by molar-refractivity contribution is 0.0948. The molecule has 1 amide bonds. The van der Waals surface area contributed by atoms with Crippen LogP contribution in [0.4, 0.5) is 0 Å². The molecule has 0 saturated heterocycles. The summed E-state index contributed by atoms with van der Waals surface area (Å²) in [6, 6.07) is 0. The lowest BCUT2D eigenvalue weighted by Crippen LogP contribution is -2.28. The summed E-state index contributed by atoms with van der Waals surface area (Å²) in [6.07, 6.45) is 2.06. The molecule has 0 radical (unpaired) electrons. The maximum absolute atomic E-state index is 12.3. The summed E-state index contributed by atoms with van der Waals surface area (Å²) < 4.78 is 5.19. The van der Waals surface area contributed by atoms with Gasteiger partial charge in [0.1, 0.15) is 17.0 Å². The average molecular weight is 280 g/mol. The number of amides is 1. The van der Waals surface area contributed by atoms with E-state index in [0.717, 1.165) is 18.5 Å². The lowest BCUT2D eigenvalue weighted by Gasteiger charge is -2.18. The first-order valence-electron chi connectivity index (χ1n) is 7.27. The number of nitrogens with zero attached hydrogens (tertiary/aromatic N) is 1. The van der Waals surface area contributed by atoms with E-state index in [9.17, 15) is 4.79 Å². The van der Waals surface area contributed by atoms with Crippen molar-refractivity contribution in [3.05, 3.63) is 17.0 Å². The molecule has 1 aromatic rings. The summed E-state index contributed by atoms with van der Waals surface area (Å²) in [7, 11) is 0. The van der Waals surface area contributed by atoms with Gasteiger partial charge in [-0.3, -0.25) is 4.79 Å². The molecule has 0 aliphatic carbocycles. The summed E-state index contributed by atoms with van der Waals surface area (Å²) in [5.74, 6) is 0.505. The van der Waals surface area contributed by atoms with Gasteiger partial charge in [-0.2, -0.15) is 0 Å². The van der Waals surface area contributed by atoms with E-state index >= 15 is 0 Å². The van der Waals surface area contributed by atoms with E-state index in [1.165, 1.54) is 0 Å². The van der Waals surface area contributed by atoms with Crippen LogP contribution >= 0.6 is 0 Å². The van der Waals surface area contributed by atoms with Crippen molar-refractivity contribution in [1.82, 2.24) is 10.5 Å². The van der Waals surface area contributed by atoms with Crippen LogP contribution in [0.1, 0.15) is 76.2 Å². The van der Waals surface area contributed by atoms with Gasteiger partial charge in [-0.15, -0.1) is 0 Å². The van der Waals surface area contributed by atoms with Crippen molar-refractivity contribution >= 4 is 5.91 Å². The number of hydrogen-bond donors (Lipinski definition) is 1. The van der Waals surface area contributed by atoms with Crippen LogP contribution in [0.5, 0.6) is 0 Å². The van der Waals surface area contributed by atoms with Gasteiger partial charge in [-0.25, -0.2) is 0 Å². The van der Waals surface area contributed by atoms with Crippen LogP contribution in [0, 0.1) is 12.3 Å². The van der Waals surface area contributed by atoms with Gasteiger partial charge >= 0.3 is 0 Å². The topological polar surface area (TPSA) is 55.1 Å². The molecule has 1 aromatic heterocycles. The van der Waals surface area contributed by atoms with Crippen LogP contribution in [0.25, 0.3) is 0 Å². The van der Waals surface area contributed by atoms with Gasteiger partial charge in [0.25, 0.3) is 5.91 Å². The minimum atomic E-state index is -0.199. The Balaban J connectivity index is 2.67. The van der Waals surface area contributed by atoms with E-state index < -0.39 is 0 Å². The average Bonchev–Trinajstić information content (AvgIpc) is 2.64. The summed E-state index contributed by atoms with van der Waals surface area (Å²) in [6.45, 7) is 15.2. The predicted octanol–water partition coefficient (Wildman–Crippen LogP) is 3.84. The molecule has 20 heavy (non-hydrogen) atoms. The van der Waals surface area contributed by atoms with Crippen LogP contribution in [-0.4, -0.2) is 17.6 Å². The monoisotopic (exact) mass is 280 g/mol. The number of rotatable bonds is 4. The summed E-state index contributed by atoms with van der Waals surface area (Å²) >= 11 is 0. The Morgan fingerprint density at radius 1 is 1.20 bits per heavy atom. The highest BCUT2D eigenvalue weighted by atomic mass is 16.5. The maximum Gasteiger partial charge on any atom is 0.256 e. The van der Waals surface area contributed by atoms with E-state index in [-0.39, 0.29) is 11.3 Å². The molecule has 0 spiro atoms. The molecular formula is C16H28N2O2. The molecule has 1 N–H and O–H groups in total. The normalized spacial score (nSPS) is 12.6. The van der Waals surface area contributed by atoms with Crippen LogP contribution in [0.2, 0.25) is 0 Å². The molecule has 4 heteroatoms. The van der Waals surface area contributed by atoms with Crippen LogP contribution < -0.4 is 5.32 Å². The van der Waals surface area contributed by atoms with Gasteiger partial charge in [0.15, 0.2) is 0 Å². The van der Waals surface area contributed by atoms with E-state index in [4.69, 9.17) is 4.52 Å². The molecule has 0 bridgehead atoms. The molecule has 0 fully saturated rings. The minimum absolute atomic E-state index is 0.0809. The molecular weight excluding hydrogens is 252 g/mol. The maximum atomic E-state index is 12.3. The highest BCUT2D eigenvalue weighted by molar-refractivity contribution is 5.96. The first-order chi connectivity index (χ1) is 9.02. The van der Waals surface area contributed by atoms with Crippen molar-refractivity contribution in [1.29, 1.82) is 0 Å². The highest BCUT2D eigenvalue weighted by Gasteiger charge is 2.28. The molecule has 0 unspecified atom stereocenters. The van der Waals surface area contributed by atoms with Crippen molar-refractivity contribution in [3.8, 4) is 0 Å². The van der Waals surface area contributed by atoms with Gasteiger partial charge < -0.3 is 9.84 Å². The molecule has 0 saturated carbocycles. The van der Waals surface area contributed by atoms with Gasteiger partial charge in [0.05, 0.1) is 0 Å². The quantitative estimate of drug-likeness (QED) is 0.853. The third-order valence-corrected chi connectivity index (χ3v) is 3.19. The van der Waals surface area contributed by atoms with Crippen molar-refractivity contribution in [3.63, 3.8) is 0 Å². The molecule has 0 aliphatic rings. The van der Waals surface area contributed by atoms with Crippen LogP contribution in [0.15, 0.2) is 4.52 Å². The Morgan fingerprint density at radius 2 is 1.80 bits per heavy atom. The third-order valence-electron chi connectivity index (χ3n) is 3.19. The largest absolute Gasteiger partial charge is 0.361 e. The highest BCUT2D eigenvalue weighted by Crippen LogP contribution is 2.27. The summed E-state index contributed by atoms with van der Waals surface area (Å²) in [5.41, 5.74) is 1.42. The third kappa shape index (κ3) is 4.66. The Bertz CT molecular complexity index is 462. The van der Waals surface area contributed by atoms with E-state index in [1.54, 1.807) is 6.92 Å². The molecule has 0 aromatic carbocycles. The molecule has 0 atom stereocenters. The van der Waals surface area contributed by atoms with Gasteiger partial charge in [0, 0.05) is 12.0 Å². The zero-order valence-electron chi connectivity index (χ0n) is 13.9. The van der Waals surface area contributed by atoms with Crippen molar-refractivity contribution in [2.45, 2.75) is 66.7 Å².